The number of nitrogens with zero attached hydrogens (tertiary/aromatic N) is 4. The Morgan fingerprint density at radius 1 is 1.30 bits per heavy atom. The molecule has 0 amide bonds. The minimum Gasteiger partial charge on any atom is -0.378 e. The number of hydrogen-bond donors (Lipinski definition) is 2. The van der Waals surface area contributed by atoms with Gasteiger partial charge in [0.15, 0.2) is 5.96 Å². The summed E-state index contributed by atoms with van der Waals surface area (Å²) in [6.07, 6.45) is 4.66. The van der Waals surface area contributed by atoms with Crippen LogP contribution in [0.5, 0.6) is 0 Å². The Labute approximate surface area is 159 Å². The predicted octanol–water partition coefficient (Wildman–Crippen LogP) is 1.61. The maximum absolute atomic E-state index is 14.5. The molecule has 0 atom stereocenters. The van der Waals surface area contributed by atoms with Gasteiger partial charge in [0.1, 0.15) is 5.82 Å². The van der Waals surface area contributed by atoms with Crippen LogP contribution in [-0.2, 0) is 17.8 Å². The minimum atomic E-state index is -0.196. The second-order valence-corrected chi connectivity index (χ2v) is 6.36. The van der Waals surface area contributed by atoms with E-state index in [9.17, 15) is 4.39 Å². The van der Waals surface area contributed by atoms with Gasteiger partial charge in [-0.1, -0.05) is 6.07 Å². The van der Waals surface area contributed by atoms with Crippen molar-refractivity contribution in [3.63, 3.8) is 0 Å². The SMILES string of the molecule is CN=C(NCCCn1cccn1)NCc1ccc(N2CCOCC2)c(F)c1. The van der Waals surface area contributed by atoms with Crippen molar-refractivity contribution in [2.45, 2.75) is 19.5 Å². The molecule has 0 unspecified atom stereocenters. The van der Waals surface area contributed by atoms with Crippen LogP contribution in [0.4, 0.5) is 10.1 Å². The van der Waals surface area contributed by atoms with Gasteiger partial charge in [-0.15, -0.1) is 0 Å². The molecule has 1 aliphatic rings. The van der Waals surface area contributed by atoms with E-state index in [1.54, 1.807) is 19.3 Å². The summed E-state index contributed by atoms with van der Waals surface area (Å²) in [7, 11) is 1.73. The molecule has 8 heteroatoms. The molecule has 1 aliphatic heterocycles. The predicted molar refractivity (Wildman–Crippen MR) is 104 cm³/mol. The van der Waals surface area contributed by atoms with Crippen molar-refractivity contribution in [3.05, 3.63) is 48.0 Å². The highest BCUT2D eigenvalue weighted by atomic mass is 19.1. The summed E-state index contributed by atoms with van der Waals surface area (Å²) in [5.74, 6) is 0.506. The third-order valence-corrected chi connectivity index (χ3v) is 4.46. The minimum absolute atomic E-state index is 0.196. The van der Waals surface area contributed by atoms with Crippen LogP contribution >= 0.6 is 0 Å². The number of guanidine groups is 1. The Morgan fingerprint density at radius 3 is 2.85 bits per heavy atom. The van der Waals surface area contributed by atoms with Crippen LogP contribution in [0.2, 0.25) is 0 Å². The quantitative estimate of drug-likeness (QED) is 0.438. The van der Waals surface area contributed by atoms with Crippen molar-refractivity contribution in [3.8, 4) is 0 Å². The van der Waals surface area contributed by atoms with Gasteiger partial charge in [-0.2, -0.15) is 5.10 Å². The van der Waals surface area contributed by atoms with Gasteiger partial charge >= 0.3 is 0 Å². The average Bonchev–Trinajstić information content (AvgIpc) is 3.22. The highest BCUT2D eigenvalue weighted by Crippen LogP contribution is 2.21. The normalized spacial score (nSPS) is 15.0. The van der Waals surface area contributed by atoms with Crippen molar-refractivity contribution in [2.75, 3.05) is 44.8 Å². The van der Waals surface area contributed by atoms with Gasteiger partial charge in [-0.25, -0.2) is 4.39 Å². The van der Waals surface area contributed by atoms with Crippen LogP contribution in [0.3, 0.4) is 0 Å². The number of halogens is 1. The van der Waals surface area contributed by atoms with Gasteiger partial charge in [0.2, 0.25) is 0 Å². The maximum Gasteiger partial charge on any atom is 0.191 e. The smallest absolute Gasteiger partial charge is 0.191 e. The highest BCUT2D eigenvalue weighted by molar-refractivity contribution is 5.79. The van der Waals surface area contributed by atoms with E-state index in [4.69, 9.17) is 4.74 Å². The first-order valence-electron chi connectivity index (χ1n) is 9.29. The number of aliphatic imine (C=N–C) groups is 1. The van der Waals surface area contributed by atoms with Crippen molar-refractivity contribution in [1.82, 2.24) is 20.4 Å². The molecule has 1 saturated heterocycles. The van der Waals surface area contributed by atoms with Crippen LogP contribution in [-0.4, -0.2) is 55.6 Å². The number of aryl methyl sites for hydroxylation is 1. The zero-order valence-corrected chi connectivity index (χ0v) is 15.7. The molecule has 1 aromatic heterocycles. The number of hydrogen-bond acceptors (Lipinski definition) is 4. The molecule has 7 nitrogen and oxygen atoms in total. The zero-order valence-electron chi connectivity index (χ0n) is 15.7. The molecular weight excluding hydrogens is 347 g/mol. The Bertz CT molecular complexity index is 728. The molecule has 27 heavy (non-hydrogen) atoms. The Morgan fingerprint density at radius 2 is 2.15 bits per heavy atom. The molecule has 1 fully saturated rings. The zero-order chi connectivity index (χ0) is 18.9. The molecule has 2 heterocycles. The molecule has 0 spiro atoms. The third kappa shape index (κ3) is 5.68. The molecule has 0 saturated carbocycles. The fraction of sp³-hybridized carbons (Fsp3) is 0.474. The standard InChI is InChI=1S/C19H27FN6O/c1-21-19(22-6-2-8-26-9-3-7-24-26)23-15-16-4-5-18(17(20)14-16)25-10-12-27-13-11-25/h3-5,7,9,14H,2,6,8,10-13,15H2,1H3,(H2,21,22,23). The lowest BCUT2D eigenvalue weighted by atomic mass is 10.1. The van der Waals surface area contributed by atoms with E-state index >= 15 is 0 Å². The lowest BCUT2D eigenvalue weighted by molar-refractivity contribution is 0.122. The summed E-state index contributed by atoms with van der Waals surface area (Å²) < 4.78 is 21.7. The molecule has 2 N–H and O–H groups in total. The van der Waals surface area contributed by atoms with Crippen molar-refractivity contribution >= 4 is 11.6 Å². The van der Waals surface area contributed by atoms with Gasteiger partial charge in [-0.3, -0.25) is 9.67 Å². The molecule has 146 valence electrons. The Kier molecular flexibility index (Phi) is 7.04. The number of aromatic nitrogens is 2. The monoisotopic (exact) mass is 374 g/mol. The number of rotatable bonds is 7. The molecular formula is C19H27FN6O. The van der Waals surface area contributed by atoms with Crippen molar-refractivity contribution < 1.29 is 9.13 Å². The van der Waals surface area contributed by atoms with Gasteiger partial charge < -0.3 is 20.3 Å². The van der Waals surface area contributed by atoms with E-state index in [-0.39, 0.29) is 5.82 Å². The molecule has 0 aliphatic carbocycles. The summed E-state index contributed by atoms with van der Waals surface area (Å²) >= 11 is 0. The molecule has 1 aromatic carbocycles. The van der Waals surface area contributed by atoms with E-state index in [1.165, 1.54) is 0 Å². The number of anilines is 1. The Hall–Kier alpha value is -2.61. The van der Waals surface area contributed by atoms with Gasteiger partial charge in [0.25, 0.3) is 0 Å². The molecule has 3 rings (SSSR count). The largest absolute Gasteiger partial charge is 0.378 e. The molecule has 0 radical (unpaired) electrons. The van der Waals surface area contributed by atoms with Gasteiger partial charge in [0, 0.05) is 52.2 Å². The van der Waals surface area contributed by atoms with E-state index in [2.05, 4.69) is 20.7 Å². The van der Waals surface area contributed by atoms with Crippen molar-refractivity contribution in [1.29, 1.82) is 0 Å². The van der Waals surface area contributed by atoms with Crippen LogP contribution in [0.1, 0.15) is 12.0 Å². The topological polar surface area (TPSA) is 66.7 Å². The summed E-state index contributed by atoms with van der Waals surface area (Å²) in [5, 5.41) is 10.7. The lowest BCUT2D eigenvalue weighted by Crippen LogP contribution is -2.38. The van der Waals surface area contributed by atoms with Crippen molar-refractivity contribution in [2.24, 2.45) is 4.99 Å². The maximum atomic E-state index is 14.5. The molecule has 2 aromatic rings. The lowest BCUT2D eigenvalue weighted by Gasteiger charge is -2.29. The van der Waals surface area contributed by atoms with Gasteiger partial charge in [0.05, 0.1) is 18.9 Å². The number of benzene rings is 1. The first-order valence-corrected chi connectivity index (χ1v) is 9.29. The van der Waals surface area contributed by atoms with Gasteiger partial charge in [-0.05, 0) is 30.2 Å². The van der Waals surface area contributed by atoms with Crippen LogP contribution in [0.25, 0.3) is 0 Å². The highest BCUT2D eigenvalue weighted by Gasteiger charge is 2.15. The van der Waals surface area contributed by atoms with Crippen LogP contribution < -0.4 is 15.5 Å². The first-order chi connectivity index (χ1) is 13.3. The summed E-state index contributed by atoms with van der Waals surface area (Å²) in [6, 6.07) is 7.30. The van der Waals surface area contributed by atoms with E-state index < -0.39 is 0 Å². The first kappa shape index (κ1) is 19.2. The summed E-state index contributed by atoms with van der Waals surface area (Å²) in [6.45, 7) is 4.89. The van der Waals surface area contributed by atoms with E-state index in [0.717, 1.165) is 38.2 Å². The van der Waals surface area contributed by atoms with E-state index in [1.807, 2.05) is 34.0 Å². The second kappa shape index (κ2) is 9.91. The Balaban J connectivity index is 1.44. The summed E-state index contributed by atoms with van der Waals surface area (Å²) in [4.78, 5) is 6.23. The van der Waals surface area contributed by atoms with E-state index in [0.29, 0.717) is 31.4 Å². The summed E-state index contributed by atoms with van der Waals surface area (Å²) in [5.41, 5.74) is 1.52. The number of ether oxygens (including phenoxy) is 1. The number of nitrogens with one attached hydrogen (secondary N) is 2. The molecule has 0 bridgehead atoms. The van der Waals surface area contributed by atoms with Crippen LogP contribution in [0, 0.1) is 5.82 Å². The third-order valence-electron chi connectivity index (χ3n) is 4.46. The average molecular weight is 374 g/mol. The fourth-order valence-corrected chi connectivity index (χ4v) is 3.01. The van der Waals surface area contributed by atoms with Crippen LogP contribution in [0.15, 0.2) is 41.7 Å². The number of morpholine rings is 1. The second-order valence-electron chi connectivity index (χ2n) is 6.36. The fourth-order valence-electron chi connectivity index (χ4n) is 3.01.